The van der Waals surface area contributed by atoms with E-state index in [-0.39, 0.29) is 6.03 Å². The van der Waals surface area contributed by atoms with Gasteiger partial charge in [0.05, 0.1) is 0 Å². The topological polar surface area (TPSA) is 51.7 Å². The summed E-state index contributed by atoms with van der Waals surface area (Å²) in [6.45, 7) is 9.64. The van der Waals surface area contributed by atoms with Crippen LogP contribution in [0.3, 0.4) is 0 Å². The number of nitrogens with zero attached hydrogens (tertiary/aromatic N) is 4. The molecule has 1 aromatic rings. The summed E-state index contributed by atoms with van der Waals surface area (Å²) in [4.78, 5) is 23.2. The van der Waals surface area contributed by atoms with Crippen LogP contribution in [0, 0.1) is 5.92 Å². The monoisotopic (exact) mass is 337 g/mol. The van der Waals surface area contributed by atoms with Gasteiger partial charge in [-0.25, -0.2) is 9.78 Å². The van der Waals surface area contributed by atoms with Crippen LogP contribution in [0.1, 0.15) is 19.8 Å². The van der Waals surface area contributed by atoms with Gasteiger partial charge >= 0.3 is 6.03 Å². The minimum atomic E-state index is 0.0776. The Labute approximate surface area is 142 Å². The molecule has 1 unspecified atom stereocenters. The van der Waals surface area contributed by atoms with Crippen LogP contribution in [0.15, 0.2) is 11.6 Å². The summed E-state index contributed by atoms with van der Waals surface area (Å²) in [7, 11) is 0. The van der Waals surface area contributed by atoms with Gasteiger partial charge in [-0.1, -0.05) is 6.92 Å². The number of amides is 2. The highest BCUT2D eigenvalue weighted by Crippen LogP contribution is 2.19. The fourth-order valence-electron chi connectivity index (χ4n) is 3.40. The first kappa shape index (κ1) is 16.5. The normalized spacial score (nSPS) is 23.1. The number of likely N-dealkylation sites (tertiary alicyclic amines) is 1. The van der Waals surface area contributed by atoms with E-state index in [1.54, 1.807) is 11.3 Å². The molecule has 1 N–H and O–H groups in total. The molecule has 2 aliphatic heterocycles. The van der Waals surface area contributed by atoms with Crippen LogP contribution >= 0.6 is 11.3 Å². The van der Waals surface area contributed by atoms with Gasteiger partial charge in [-0.3, -0.25) is 0 Å². The number of carbonyl (C=O) groups is 1. The van der Waals surface area contributed by atoms with Gasteiger partial charge in [-0.15, -0.1) is 11.3 Å². The van der Waals surface area contributed by atoms with Gasteiger partial charge in [0, 0.05) is 57.4 Å². The van der Waals surface area contributed by atoms with Crippen LogP contribution in [0.5, 0.6) is 0 Å². The number of aromatic nitrogens is 1. The lowest BCUT2D eigenvalue weighted by molar-refractivity contribution is 0.175. The largest absolute Gasteiger partial charge is 0.345 e. The third-order valence-corrected chi connectivity index (χ3v) is 5.53. The number of urea groups is 1. The molecule has 128 valence electrons. The maximum Gasteiger partial charge on any atom is 0.317 e. The van der Waals surface area contributed by atoms with Crippen molar-refractivity contribution in [3.63, 3.8) is 0 Å². The molecule has 0 bridgehead atoms. The zero-order valence-electron chi connectivity index (χ0n) is 13.9. The Hall–Kier alpha value is -1.34. The fraction of sp³-hybridized carbons (Fsp3) is 0.750. The zero-order valence-corrected chi connectivity index (χ0v) is 14.7. The molecule has 7 heteroatoms. The van der Waals surface area contributed by atoms with Crippen molar-refractivity contribution in [3.05, 3.63) is 11.6 Å². The van der Waals surface area contributed by atoms with Crippen molar-refractivity contribution in [1.82, 2.24) is 20.1 Å². The van der Waals surface area contributed by atoms with Crippen molar-refractivity contribution in [2.45, 2.75) is 19.8 Å². The smallest absolute Gasteiger partial charge is 0.317 e. The highest BCUT2D eigenvalue weighted by Gasteiger charge is 2.22. The second kappa shape index (κ2) is 7.97. The third-order valence-electron chi connectivity index (χ3n) is 4.70. The molecular weight excluding hydrogens is 310 g/mol. The molecule has 2 fully saturated rings. The molecule has 1 aromatic heterocycles. The molecule has 3 heterocycles. The quantitative estimate of drug-likeness (QED) is 0.909. The Balaban J connectivity index is 1.35. The van der Waals surface area contributed by atoms with Crippen LogP contribution in [0.4, 0.5) is 9.93 Å². The molecule has 0 spiro atoms. The predicted molar refractivity (Wildman–Crippen MR) is 94.1 cm³/mol. The Bertz CT molecular complexity index is 487. The van der Waals surface area contributed by atoms with E-state index < -0.39 is 0 Å². The standard InChI is InChI=1S/C16H27N5OS/c1-14-3-2-6-19(13-14)7-4-17-15(22)20-8-10-21(11-9-20)16-18-5-12-23-16/h5,12,14H,2-4,6-11,13H2,1H3,(H,17,22). The van der Waals surface area contributed by atoms with Gasteiger partial charge in [0.2, 0.25) is 0 Å². The molecule has 3 rings (SSSR count). The molecule has 23 heavy (non-hydrogen) atoms. The summed E-state index contributed by atoms with van der Waals surface area (Å²) < 4.78 is 0. The van der Waals surface area contributed by atoms with Crippen molar-refractivity contribution in [2.75, 3.05) is 57.3 Å². The van der Waals surface area contributed by atoms with E-state index >= 15 is 0 Å². The summed E-state index contributed by atoms with van der Waals surface area (Å²) in [5, 5.41) is 6.13. The lowest BCUT2D eigenvalue weighted by Gasteiger charge is -2.35. The first-order valence-electron chi connectivity index (χ1n) is 8.62. The average Bonchev–Trinajstić information content (AvgIpc) is 3.09. The van der Waals surface area contributed by atoms with E-state index in [0.29, 0.717) is 0 Å². The van der Waals surface area contributed by atoms with Crippen LogP contribution in [0.2, 0.25) is 0 Å². The van der Waals surface area contributed by atoms with Crippen molar-refractivity contribution in [2.24, 2.45) is 5.92 Å². The molecule has 0 saturated carbocycles. The predicted octanol–water partition coefficient (Wildman–Crippen LogP) is 1.71. The first-order valence-corrected chi connectivity index (χ1v) is 9.50. The first-order chi connectivity index (χ1) is 11.2. The minimum Gasteiger partial charge on any atom is -0.345 e. The zero-order chi connectivity index (χ0) is 16.1. The number of hydrogen-bond donors (Lipinski definition) is 1. The SMILES string of the molecule is CC1CCCN(CCNC(=O)N2CCN(c3nccs3)CC2)C1. The van der Waals surface area contributed by atoms with E-state index in [0.717, 1.165) is 50.3 Å². The van der Waals surface area contributed by atoms with E-state index in [1.807, 2.05) is 16.5 Å². The lowest BCUT2D eigenvalue weighted by Crippen LogP contribution is -2.52. The number of nitrogens with one attached hydrogen (secondary N) is 1. The molecule has 1 atom stereocenters. The summed E-state index contributed by atoms with van der Waals surface area (Å²) in [5.41, 5.74) is 0. The highest BCUT2D eigenvalue weighted by molar-refractivity contribution is 7.13. The number of piperazine rings is 1. The third kappa shape index (κ3) is 4.57. The molecule has 0 radical (unpaired) electrons. The van der Waals surface area contributed by atoms with Crippen LogP contribution in [0.25, 0.3) is 0 Å². The Morgan fingerprint density at radius 2 is 2.17 bits per heavy atom. The van der Waals surface area contributed by atoms with Crippen molar-refractivity contribution >= 4 is 22.5 Å². The van der Waals surface area contributed by atoms with Crippen molar-refractivity contribution in [1.29, 1.82) is 0 Å². The van der Waals surface area contributed by atoms with Gasteiger partial charge in [-0.05, 0) is 25.3 Å². The van der Waals surface area contributed by atoms with Gasteiger partial charge in [0.25, 0.3) is 0 Å². The van der Waals surface area contributed by atoms with Gasteiger partial charge < -0.3 is 20.0 Å². The van der Waals surface area contributed by atoms with Gasteiger partial charge in [0.1, 0.15) is 0 Å². The molecule has 2 amide bonds. The van der Waals surface area contributed by atoms with Crippen LogP contribution < -0.4 is 10.2 Å². The average molecular weight is 337 g/mol. The van der Waals surface area contributed by atoms with E-state index in [1.165, 1.54) is 25.9 Å². The van der Waals surface area contributed by atoms with Crippen LogP contribution in [-0.2, 0) is 0 Å². The summed E-state index contributed by atoms with van der Waals surface area (Å²) in [5.74, 6) is 0.790. The number of piperidine rings is 1. The second-order valence-electron chi connectivity index (χ2n) is 6.57. The minimum absolute atomic E-state index is 0.0776. The Morgan fingerprint density at radius 1 is 1.35 bits per heavy atom. The number of thiazole rings is 1. The summed E-state index contributed by atoms with van der Waals surface area (Å²) in [6.07, 6.45) is 4.46. The maximum atomic E-state index is 12.3. The highest BCUT2D eigenvalue weighted by atomic mass is 32.1. The van der Waals surface area contributed by atoms with Crippen LogP contribution in [-0.4, -0.2) is 73.2 Å². The molecular formula is C16H27N5OS. The molecule has 2 aliphatic rings. The number of carbonyl (C=O) groups excluding carboxylic acids is 1. The summed E-state index contributed by atoms with van der Waals surface area (Å²) in [6, 6.07) is 0.0776. The molecule has 6 nitrogen and oxygen atoms in total. The number of rotatable bonds is 4. The lowest BCUT2D eigenvalue weighted by atomic mass is 10.0. The maximum absolute atomic E-state index is 12.3. The van der Waals surface area contributed by atoms with E-state index in [9.17, 15) is 4.79 Å². The second-order valence-corrected chi connectivity index (χ2v) is 7.44. The Kier molecular flexibility index (Phi) is 5.72. The Morgan fingerprint density at radius 3 is 2.87 bits per heavy atom. The van der Waals surface area contributed by atoms with Gasteiger partial charge in [-0.2, -0.15) is 0 Å². The number of anilines is 1. The van der Waals surface area contributed by atoms with Gasteiger partial charge in [0.15, 0.2) is 5.13 Å². The van der Waals surface area contributed by atoms with Crippen molar-refractivity contribution in [3.8, 4) is 0 Å². The fourth-order valence-corrected chi connectivity index (χ4v) is 4.09. The number of hydrogen-bond acceptors (Lipinski definition) is 5. The van der Waals surface area contributed by atoms with E-state index in [4.69, 9.17) is 0 Å². The molecule has 2 saturated heterocycles. The van der Waals surface area contributed by atoms with E-state index in [2.05, 4.69) is 27.0 Å². The molecule has 0 aromatic carbocycles. The summed E-state index contributed by atoms with van der Waals surface area (Å²) >= 11 is 1.66. The molecule has 0 aliphatic carbocycles. The van der Waals surface area contributed by atoms with Crippen molar-refractivity contribution < 1.29 is 4.79 Å².